The van der Waals surface area contributed by atoms with Crippen LogP contribution in [0.15, 0.2) is 103 Å². The summed E-state index contributed by atoms with van der Waals surface area (Å²) in [5.74, 6) is 1.72. The van der Waals surface area contributed by atoms with Crippen molar-refractivity contribution in [2.24, 2.45) is 0 Å². The Bertz CT molecular complexity index is 882. The van der Waals surface area contributed by atoms with Crippen molar-refractivity contribution >= 4 is 0 Å². The lowest BCUT2D eigenvalue weighted by Crippen LogP contribution is -2.44. The maximum atomic E-state index is 6.40. The van der Waals surface area contributed by atoms with E-state index < -0.39 is 6.35 Å². The smallest absolute Gasteiger partial charge is 0.252 e. The molecule has 0 saturated heterocycles. The maximum absolute atomic E-state index is 6.40. The zero-order valence-corrected chi connectivity index (χ0v) is 20.2. The van der Waals surface area contributed by atoms with E-state index in [0.29, 0.717) is 6.54 Å². The van der Waals surface area contributed by atoms with Crippen LogP contribution in [0.4, 0.5) is 0 Å². The molecular formula is C27H38N4O. The van der Waals surface area contributed by atoms with Gasteiger partial charge in [-0.2, -0.15) is 0 Å². The van der Waals surface area contributed by atoms with E-state index in [1.54, 1.807) is 6.20 Å². The summed E-state index contributed by atoms with van der Waals surface area (Å²) in [6, 6.07) is 9.87. The molecule has 0 amide bonds. The lowest BCUT2D eigenvalue weighted by Gasteiger charge is -2.32. The first-order chi connectivity index (χ1) is 15.5. The van der Waals surface area contributed by atoms with Gasteiger partial charge in [-0.25, -0.2) is 0 Å². The number of benzene rings is 1. The molecule has 2 rings (SSSR count). The predicted octanol–water partition coefficient (Wildman–Crippen LogP) is 5.43. The van der Waals surface area contributed by atoms with Crippen molar-refractivity contribution in [3.8, 4) is 5.75 Å². The van der Waals surface area contributed by atoms with E-state index in [2.05, 4.69) is 66.5 Å². The molecule has 1 aliphatic rings. The Morgan fingerprint density at radius 2 is 1.91 bits per heavy atom. The van der Waals surface area contributed by atoms with Gasteiger partial charge in [-0.3, -0.25) is 0 Å². The number of likely N-dealkylation sites (N-methyl/N-ethyl adjacent to an activating group) is 1. The first kappa shape index (κ1) is 24.9. The third-order valence-electron chi connectivity index (χ3n) is 5.20. The van der Waals surface area contributed by atoms with Gasteiger partial charge in [-0.15, -0.1) is 0 Å². The third kappa shape index (κ3) is 6.33. The van der Waals surface area contributed by atoms with Crippen LogP contribution in [-0.2, 0) is 0 Å². The number of nitrogens with one attached hydrogen (secondary N) is 1. The molecule has 1 aromatic carbocycles. The molecule has 0 bridgehead atoms. The fourth-order valence-corrected chi connectivity index (χ4v) is 3.50. The molecule has 172 valence electrons. The number of hydrogen-bond acceptors (Lipinski definition) is 5. The second kappa shape index (κ2) is 12.5. The van der Waals surface area contributed by atoms with Crippen molar-refractivity contribution in [3.63, 3.8) is 0 Å². The lowest BCUT2D eigenvalue weighted by atomic mass is 10.1. The summed E-state index contributed by atoms with van der Waals surface area (Å²) < 4.78 is 6.40. The van der Waals surface area contributed by atoms with Gasteiger partial charge in [-0.05, 0) is 44.2 Å². The van der Waals surface area contributed by atoms with Gasteiger partial charge < -0.3 is 24.8 Å². The van der Waals surface area contributed by atoms with Crippen molar-refractivity contribution in [1.29, 1.82) is 0 Å². The second-order valence-corrected chi connectivity index (χ2v) is 7.68. The quantitative estimate of drug-likeness (QED) is 0.443. The summed E-state index contributed by atoms with van der Waals surface area (Å²) >= 11 is 0. The van der Waals surface area contributed by atoms with E-state index in [0.717, 1.165) is 35.9 Å². The number of nitrogens with zero attached hydrogens (tertiary/aromatic N) is 3. The van der Waals surface area contributed by atoms with Crippen LogP contribution in [-0.4, -0.2) is 48.2 Å². The SMILES string of the molecule is C=CN(C)C1=C(C(=C)N(C)CCC)N(CC(/C=C\C)=C/C=C/C)C(Oc2ccccc2)N1. The van der Waals surface area contributed by atoms with Crippen LogP contribution >= 0.6 is 0 Å². The van der Waals surface area contributed by atoms with E-state index >= 15 is 0 Å². The fraction of sp³-hybridized carbons (Fsp3) is 0.333. The normalized spacial score (nSPS) is 16.6. The maximum Gasteiger partial charge on any atom is 0.252 e. The minimum absolute atomic E-state index is 0.393. The summed E-state index contributed by atoms with van der Waals surface area (Å²) in [5.41, 5.74) is 3.10. The average Bonchev–Trinajstić information content (AvgIpc) is 3.14. The van der Waals surface area contributed by atoms with Crippen LogP contribution in [0.5, 0.6) is 5.75 Å². The molecular weight excluding hydrogens is 396 g/mol. The molecule has 32 heavy (non-hydrogen) atoms. The monoisotopic (exact) mass is 434 g/mol. The highest BCUT2D eigenvalue weighted by atomic mass is 16.5. The van der Waals surface area contributed by atoms with Gasteiger partial charge >= 0.3 is 0 Å². The molecule has 0 fully saturated rings. The first-order valence-electron chi connectivity index (χ1n) is 11.2. The van der Waals surface area contributed by atoms with Crippen LogP contribution in [0.2, 0.25) is 0 Å². The van der Waals surface area contributed by atoms with E-state index in [1.165, 1.54) is 5.57 Å². The van der Waals surface area contributed by atoms with Gasteiger partial charge in [0.25, 0.3) is 6.35 Å². The van der Waals surface area contributed by atoms with Crippen LogP contribution < -0.4 is 10.1 Å². The lowest BCUT2D eigenvalue weighted by molar-refractivity contribution is 0.0550. The van der Waals surface area contributed by atoms with Crippen LogP contribution in [0.25, 0.3) is 0 Å². The second-order valence-electron chi connectivity index (χ2n) is 7.68. The highest BCUT2D eigenvalue weighted by Crippen LogP contribution is 2.31. The number of ether oxygens (including phenoxy) is 1. The van der Waals surface area contributed by atoms with Crippen molar-refractivity contribution in [3.05, 3.63) is 103 Å². The van der Waals surface area contributed by atoms with Crippen molar-refractivity contribution < 1.29 is 4.74 Å². The molecule has 5 heteroatoms. The molecule has 5 nitrogen and oxygen atoms in total. The minimum atomic E-state index is -0.393. The summed E-state index contributed by atoms with van der Waals surface area (Å²) in [6.45, 7) is 16.2. The first-order valence-corrected chi connectivity index (χ1v) is 11.2. The number of hydrogen-bond donors (Lipinski definition) is 1. The van der Waals surface area contributed by atoms with Gasteiger partial charge in [0.15, 0.2) is 0 Å². The Balaban J connectivity index is 2.53. The molecule has 1 atom stereocenters. The van der Waals surface area contributed by atoms with Gasteiger partial charge in [0.05, 0.1) is 5.70 Å². The van der Waals surface area contributed by atoms with E-state index in [1.807, 2.05) is 62.2 Å². The number of allylic oxidation sites excluding steroid dienone is 4. The summed E-state index contributed by atoms with van der Waals surface area (Å²) in [4.78, 5) is 6.40. The highest BCUT2D eigenvalue weighted by molar-refractivity contribution is 5.37. The minimum Gasteiger partial charge on any atom is -0.452 e. The number of para-hydroxylation sites is 1. The highest BCUT2D eigenvalue weighted by Gasteiger charge is 2.36. The summed E-state index contributed by atoms with van der Waals surface area (Å²) in [6.07, 6.45) is 12.9. The van der Waals surface area contributed by atoms with Crippen LogP contribution in [0, 0.1) is 0 Å². The predicted molar refractivity (Wildman–Crippen MR) is 135 cm³/mol. The molecule has 1 aromatic rings. The zero-order valence-electron chi connectivity index (χ0n) is 20.2. The third-order valence-corrected chi connectivity index (χ3v) is 5.20. The topological polar surface area (TPSA) is 31.0 Å². The average molecular weight is 435 g/mol. The Morgan fingerprint density at radius 3 is 2.50 bits per heavy atom. The zero-order chi connectivity index (χ0) is 23.5. The van der Waals surface area contributed by atoms with E-state index in [9.17, 15) is 0 Å². The molecule has 0 radical (unpaired) electrons. The molecule has 1 aliphatic heterocycles. The largest absolute Gasteiger partial charge is 0.452 e. The summed E-state index contributed by atoms with van der Waals surface area (Å²) in [7, 11) is 4.06. The van der Waals surface area contributed by atoms with Crippen LogP contribution in [0.1, 0.15) is 27.2 Å². The van der Waals surface area contributed by atoms with Gasteiger partial charge in [-0.1, -0.05) is 68.7 Å². The van der Waals surface area contributed by atoms with Gasteiger partial charge in [0, 0.05) is 27.2 Å². The van der Waals surface area contributed by atoms with Gasteiger partial charge in [0.2, 0.25) is 0 Å². The Kier molecular flexibility index (Phi) is 9.74. The molecule has 1 unspecified atom stereocenters. The molecule has 1 N–H and O–H groups in total. The molecule has 0 saturated carbocycles. The molecule has 0 aromatic heterocycles. The molecule has 1 heterocycles. The Morgan fingerprint density at radius 1 is 1.19 bits per heavy atom. The van der Waals surface area contributed by atoms with Crippen molar-refractivity contribution in [1.82, 2.24) is 20.0 Å². The van der Waals surface area contributed by atoms with Gasteiger partial charge in [0.1, 0.15) is 17.3 Å². The van der Waals surface area contributed by atoms with Crippen molar-refractivity contribution in [2.75, 3.05) is 27.2 Å². The number of rotatable bonds is 12. The van der Waals surface area contributed by atoms with Crippen molar-refractivity contribution in [2.45, 2.75) is 33.5 Å². The Hall–Kier alpha value is -3.34. The molecule has 0 spiro atoms. The van der Waals surface area contributed by atoms with E-state index in [-0.39, 0.29) is 0 Å². The summed E-state index contributed by atoms with van der Waals surface area (Å²) in [5, 5.41) is 3.55. The Labute approximate surface area is 194 Å². The van der Waals surface area contributed by atoms with E-state index in [4.69, 9.17) is 4.74 Å². The standard InChI is InChI=1S/C27H38N4O/c1-8-12-17-23(16-9-2)21-31-25(22(5)30(7)20-10-3)26(29(6)11-4)28-27(31)32-24-18-14-13-15-19-24/h8-9,11-19,27-28H,4-5,10,20-21H2,1-3,6-7H3/b12-8+,16-9-,23-17+. The molecule has 0 aliphatic carbocycles. The fourth-order valence-electron chi connectivity index (χ4n) is 3.50. The van der Waals surface area contributed by atoms with Crippen LogP contribution in [0.3, 0.4) is 0 Å².